The summed E-state index contributed by atoms with van der Waals surface area (Å²) in [6.07, 6.45) is 0.263. The molecule has 0 N–H and O–H groups in total. The zero-order valence-corrected chi connectivity index (χ0v) is 18.3. The number of pyridine rings is 1. The molecule has 2 heterocycles. The number of hydrogen-bond acceptors (Lipinski definition) is 2. The van der Waals surface area contributed by atoms with Crippen LogP contribution in [-0.2, 0) is 6.37 Å². The summed E-state index contributed by atoms with van der Waals surface area (Å²) in [7, 11) is 0. The Morgan fingerprint density at radius 1 is 0.767 bits per heavy atom. The third-order valence-corrected chi connectivity index (χ3v) is 6.32. The van der Waals surface area contributed by atoms with Crippen molar-refractivity contribution < 1.29 is 2.74 Å². The van der Waals surface area contributed by atoms with Gasteiger partial charge in [0.05, 0.1) is 5.69 Å². The Labute approximate surface area is 186 Å². The summed E-state index contributed by atoms with van der Waals surface area (Å²) in [5, 5.41) is 0. The lowest BCUT2D eigenvalue weighted by Gasteiger charge is -2.18. The van der Waals surface area contributed by atoms with Crippen molar-refractivity contribution in [3.63, 3.8) is 0 Å². The minimum Gasteiger partial charge on any atom is -0.256 e. The van der Waals surface area contributed by atoms with E-state index in [1.165, 1.54) is 32.0 Å². The Bertz CT molecular complexity index is 1320. The quantitative estimate of drug-likeness (QED) is 0.292. The van der Waals surface area contributed by atoms with Gasteiger partial charge in [-0.05, 0) is 69.9 Å². The van der Waals surface area contributed by atoms with Gasteiger partial charge in [-0.3, -0.25) is 4.98 Å². The lowest BCUT2D eigenvalue weighted by atomic mass is 9.88. The number of nitrogens with zero attached hydrogens (tertiary/aromatic N) is 1. The highest BCUT2D eigenvalue weighted by Crippen LogP contribution is 2.48. The first-order chi connectivity index (χ1) is 15.3. The molecule has 0 aliphatic carbocycles. The van der Waals surface area contributed by atoms with Gasteiger partial charge < -0.3 is 0 Å². The molecule has 0 amide bonds. The Hall–Kier alpha value is -2.84. The minimum atomic E-state index is -1.46. The molecule has 2 heteroatoms. The number of benzene rings is 3. The monoisotopic (exact) mass is 409 g/mol. The molecule has 0 saturated heterocycles. The van der Waals surface area contributed by atoms with Crippen LogP contribution in [0, 0.1) is 5.41 Å². The Morgan fingerprint density at radius 2 is 1.43 bits per heavy atom. The van der Waals surface area contributed by atoms with Crippen molar-refractivity contribution in [1.82, 2.24) is 4.98 Å². The summed E-state index contributed by atoms with van der Waals surface area (Å²) in [5.41, 5.74) is 6.82. The molecule has 1 aromatic heterocycles. The minimum absolute atomic E-state index is 0.513. The van der Waals surface area contributed by atoms with E-state index in [1.54, 1.807) is 24.0 Å². The first-order valence-electron chi connectivity index (χ1n) is 11.2. The maximum absolute atomic E-state index is 8.66. The molecule has 0 atom stereocenters. The molecule has 0 saturated carbocycles. The van der Waals surface area contributed by atoms with Crippen molar-refractivity contribution in [3.05, 3.63) is 90.6 Å². The fourth-order valence-corrected chi connectivity index (χ4v) is 5.02. The van der Waals surface area contributed by atoms with Crippen LogP contribution in [0.3, 0.4) is 0 Å². The summed E-state index contributed by atoms with van der Waals surface area (Å²) in [5.74, 6) is 0. The van der Waals surface area contributed by atoms with E-state index < -0.39 is 11.8 Å². The first kappa shape index (κ1) is 16.9. The Morgan fingerprint density at radius 3 is 2.20 bits per heavy atom. The van der Waals surface area contributed by atoms with Crippen molar-refractivity contribution in [3.8, 4) is 33.5 Å². The topological polar surface area (TPSA) is 12.9 Å². The summed E-state index contributed by atoms with van der Waals surface area (Å²) < 4.78 is 17.3. The van der Waals surface area contributed by atoms with Gasteiger partial charge in [-0.15, -0.1) is 0 Å². The maximum Gasteiger partial charge on any atom is 0.0704 e. The summed E-state index contributed by atoms with van der Waals surface area (Å²) in [4.78, 5) is 7.07. The molecule has 0 fully saturated rings. The second-order valence-electron chi connectivity index (χ2n) is 8.66. The maximum atomic E-state index is 8.66. The Balaban J connectivity index is 1.66. The molecular formula is C28H25NS. The average Bonchev–Trinajstić information content (AvgIpc) is 2.93. The van der Waals surface area contributed by atoms with Crippen LogP contribution in [0.4, 0.5) is 0 Å². The molecule has 1 aliphatic rings. The molecule has 3 aromatic carbocycles. The zero-order valence-electron chi connectivity index (χ0n) is 19.4. The number of aromatic nitrogens is 1. The highest BCUT2D eigenvalue weighted by Gasteiger charge is 2.20. The highest BCUT2D eigenvalue weighted by atomic mass is 32.2. The van der Waals surface area contributed by atoms with Gasteiger partial charge in [0.2, 0.25) is 0 Å². The van der Waals surface area contributed by atoms with Gasteiger partial charge >= 0.3 is 0 Å². The van der Waals surface area contributed by atoms with E-state index in [4.69, 9.17) is 2.74 Å². The molecule has 5 rings (SSSR count). The summed E-state index contributed by atoms with van der Waals surface area (Å²) in [6, 6.07) is 27.3. The summed E-state index contributed by atoms with van der Waals surface area (Å²) in [6.45, 7) is 5.80. The number of fused-ring (bicyclic) bond motifs is 5. The van der Waals surface area contributed by atoms with Gasteiger partial charge in [0, 0.05) is 24.3 Å². The van der Waals surface area contributed by atoms with Crippen LogP contribution < -0.4 is 0 Å². The molecule has 1 nitrogen and oxygen atoms in total. The molecule has 148 valence electrons. The van der Waals surface area contributed by atoms with E-state index in [9.17, 15) is 0 Å². The van der Waals surface area contributed by atoms with Crippen LogP contribution in [0.15, 0.2) is 94.9 Å². The van der Waals surface area contributed by atoms with Crippen molar-refractivity contribution >= 4 is 11.8 Å². The van der Waals surface area contributed by atoms with E-state index in [0.717, 1.165) is 11.3 Å². The van der Waals surface area contributed by atoms with E-state index in [0.29, 0.717) is 5.56 Å². The molecule has 0 spiro atoms. The van der Waals surface area contributed by atoms with Crippen LogP contribution >= 0.6 is 11.8 Å². The van der Waals surface area contributed by atoms with Crippen molar-refractivity contribution in [2.24, 2.45) is 5.41 Å². The number of rotatable bonds is 2. The van der Waals surface area contributed by atoms with E-state index in [-0.39, 0.29) is 0 Å². The smallest absolute Gasteiger partial charge is 0.0704 e. The fourth-order valence-electron chi connectivity index (χ4n) is 3.94. The largest absolute Gasteiger partial charge is 0.256 e. The van der Waals surface area contributed by atoms with Gasteiger partial charge in [0.1, 0.15) is 0 Å². The van der Waals surface area contributed by atoms with Crippen LogP contribution in [0.25, 0.3) is 33.5 Å². The van der Waals surface area contributed by atoms with Gasteiger partial charge in [-0.25, -0.2) is 0 Å². The summed E-state index contributed by atoms with van der Waals surface area (Å²) >= 11 is 1.79. The van der Waals surface area contributed by atoms with Crippen molar-refractivity contribution in [2.75, 3.05) is 0 Å². The standard InChI is InChI=1S/C28H25NS/c1-28(2,3)18-19-14-15-29-25(16-19)20-12-13-27-24(17-20)22-9-5-4-8-21(22)23-10-6-7-11-26(23)30-27/h4-17H,18H2,1-3H3/i18D2. The van der Waals surface area contributed by atoms with E-state index in [2.05, 4.69) is 71.7 Å². The van der Waals surface area contributed by atoms with Crippen LogP contribution in [0.5, 0.6) is 0 Å². The lowest BCUT2D eigenvalue weighted by molar-refractivity contribution is 0.411. The SMILES string of the molecule is [2H]C([2H])(c1ccnc(-c2ccc3c(c2)-c2ccccc2-c2ccccc2S3)c1)C(C)(C)C. The molecule has 0 radical (unpaired) electrons. The normalized spacial score (nSPS) is 14.0. The van der Waals surface area contributed by atoms with E-state index in [1.807, 2.05) is 26.8 Å². The second kappa shape index (κ2) is 7.45. The predicted molar refractivity (Wildman–Crippen MR) is 128 cm³/mol. The zero-order chi connectivity index (χ0) is 22.5. The second-order valence-corrected chi connectivity index (χ2v) is 9.74. The van der Waals surface area contributed by atoms with Crippen molar-refractivity contribution in [2.45, 2.75) is 36.9 Å². The molecular weight excluding hydrogens is 382 g/mol. The highest BCUT2D eigenvalue weighted by molar-refractivity contribution is 7.99. The molecule has 4 aromatic rings. The molecule has 1 aliphatic heterocycles. The third kappa shape index (κ3) is 3.68. The molecule has 30 heavy (non-hydrogen) atoms. The third-order valence-electron chi connectivity index (χ3n) is 5.17. The van der Waals surface area contributed by atoms with Crippen molar-refractivity contribution in [1.29, 1.82) is 0 Å². The van der Waals surface area contributed by atoms with Gasteiger partial charge in [-0.2, -0.15) is 0 Å². The average molecular weight is 410 g/mol. The van der Waals surface area contributed by atoms with Gasteiger partial charge in [0.25, 0.3) is 0 Å². The van der Waals surface area contributed by atoms with Crippen LogP contribution in [0.2, 0.25) is 0 Å². The molecule has 0 bridgehead atoms. The lowest BCUT2D eigenvalue weighted by Crippen LogP contribution is -2.09. The van der Waals surface area contributed by atoms with Crippen LogP contribution in [-0.4, -0.2) is 4.98 Å². The van der Waals surface area contributed by atoms with E-state index >= 15 is 0 Å². The number of hydrogen-bond donors (Lipinski definition) is 0. The Kier molecular flexibility index (Phi) is 4.20. The fraction of sp³-hybridized carbons (Fsp3) is 0.179. The molecule has 0 unspecified atom stereocenters. The first-order valence-corrected chi connectivity index (χ1v) is 11.0. The van der Waals surface area contributed by atoms with Gasteiger partial charge in [-0.1, -0.05) is 81.1 Å². The van der Waals surface area contributed by atoms with Crippen LogP contribution in [0.1, 0.15) is 29.1 Å². The predicted octanol–water partition coefficient (Wildman–Crippen LogP) is 8.14. The van der Waals surface area contributed by atoms with Gasteiger partial charge in [0.15, 0.2) is 0 Å².